The van der Waals surface area contributed by atoms with Crippen LogP contribution in [0.2, 0.25) is 0 Å². The van der Waals surface area contributed by atoms with E-state index in [1.165, 1.54) is 16.7 Å². The first-order chi connectivity index (χ1) is 12.3. The maximum Gasteiger partial charge on any atom is 0.172 e. The highest BCUT2D eigenvalue weighted by molar-refractivity contribution is 7.14. The summed E-state index contributed by atoms with van der Waals surface area (Å²) < 4.78 is 0. The minimum atomic E-state index is -0.553. The number of benzene rings is 1. The molecule has 1 unspecified atom stereocenters. The normalized spacial score (nSPS) is 13.6. The van der Waals surface area contributed by atoms with Gasteiger partial charge in [0.25, 0.3) is 0 Å². The van der Waals surface area contributed by atoms with Crippen LogP contribution in [-0.2, 0) is 12.8 Å². The van der Waals surface area contributed by atoms with E-state index >= 15 is 0 Å². The molecule has 0 spiro atoms. The van der Waals surface area contributed by atoms with Gasteiger partial charge in [-0.25, -0.2) is 0 Å². The number of unbranched alkanes of at least 4 members (excludes halogenated alkanes) is 1. The zero-order valence-electron chi connectivity index (χ0n) is 16.2. The molecule has 0 fully saturated rings. The van der Waals surface area contributed by atoms with Crippen molar-refractivity contribution < 1.29 is 9.90 Å². The lowest BCUT2D eigenvalue weighted by Gasteiger charge is -2.20. The molecule has 4 heteroatoms. The highest BCUT2D eigenvalue weighted by Gasteiger charge is 2.17. The van der Waals surface area contributed by atoms with Gasteiger partial charge in [0.15, 0.2) is 5.78 Å². The maximum atomic E-state index is 12.4. The fraction of sp³-hybridized carbons (Fsp3) is 0.500. The zero-order valence-corrected chi connectivity index (χ0v) is 17.0. The van der Waals surface area contributed by atoms with Gasteiger partial charge in [0.05, 0.1) is 11.5 Å². The molecule has 0 radical (unpaired) electrons. The Morgan fingerprint density at radius 3 is 2.58 bits per heavy atom. The SMILES string of the molecule is Cc1ccc(CCCCC(=O)c2ccc(CCC(C)(N)CO)s2)cc1C. The molecule has 3 nitrogen and oxygen atoms in total. The number of ketones is 1. The Balaban J connectivity index is 1.75. The molecule has 142 valence electrons. The predicted octanol–water partition coefficient (Wildman–Crippen LogP) is 4.60. The number of hydrogen-bond acceptors (Lipinski definition) is 4. The fourth-order valence-corrected chi connectivity index (χ4v) is 3.82. The van der Waals surface area contributed by atoms with Crippen molar-refractivity contribution in [2.75, 3.05) is 6.61 Å². The van der Waals surface area contributed by atoms with Crippen molar-refractivity contribution in [2.24, 2.45) is 5.73 Å². The average molecular weight is 374 g/mol. The first kappa shape index (κ1) is 20.8. The van der Waals surface area contributed by atoms with E-state index in [9.17, 15) is 9.90 Å². The molecule has 1 aromatic carbocycles. The van der Waals surface area contributed by atoms with Crippen LogP contribution in [0, 0.1) is 13.8 Å². The number of aliphatic hydroxyl groups is 1. The summed E-state index contributed by atoms with van der Waals surface area (Å²) in [5, 5.41) is 9.22. The van der Waals surface area contributed by atoms with Crippen LogP contribution in [0.15, 0.2) is 30.3 Å². The van der Waals surface area contributed by atoms with Gasteiger partial charge in [0.1, 0.15) is 0 Å². The number of Topliss-reactive ketones (excluding diaryl/α,β-unsaturated/α-hetero) is 1. The average Bonchev–Trinajstić information content (AvgIpc) is 3.09. The molecule has 0 bridgehead atoms. The highest BCUT2D eigenvalue weighted by atomic mass is 32.1. The second-order valence-corrected chi connectivity index (χ2v) is 8.80. The molecule has 26 heavy (non-hydrogen) atoms. The van der Waals surface area contributed by atoms with Crippen molar-refractivity contribution in [3.8, 4) is 0 Å². The Morgan fingerprint density at radius 2 is 1.88 bits per heavy atom. The van der Waals surface area contributed by atoms with Gasteiger partial charge in [-0.1, -0.05) is 18.2 Å². The minimum Gasteiger partial charge on any atom is -0.394 e. The van der Waals surface area contributed by atoms with E-state index in [0.29, 0.717) is 12.8 Å². The Labute approximate surface area is 161 Å². The third kappa shape index (κ3) is 6.35. The van der Waals surface area contributed by atoms with Crippen LogP contribution < -0.4 is 5.73 Å². The Morgan fingerprint density at radius 1 is 1.12 bits per heavy atom. The molecule has 1 heterocycles. The summed E-state index contributed by atoms with van der Waals surface area (Å²) in [6.07, 6.45) is 5.11. The summed E-state index contributed by atoms with van der Waals surface area (Å²) in [6.45, 7) is 6.10. The van der Waals surface area contributed by atoms with E-state index in [4.69, 9.17) is 5.73 Å². The minimum absolute atomic E-state index is 0.0231. The van der Waals surface area contributed by atoms with E-state index in [-0.39, 0.29) is 12.4 Å². The summed E-state index contributed by atoms with van der Waals surface area (Å²) in [5.41, 5.74) is 9.42. The number of rotatable bonds is 10. The standard InChI is InChI=1S/C22H31NO2S/c1-16-8-9-18(14-17(16)2)6-4-5-7-20(25)21-11-10-19(26-21)12-13-22(3,23)15-24/h8-11,14,24H,4-7,12-13,15,23H2,1-3H3. The second-order valence-electron chi connectivity index (χ2n) is 7.63. The van der Waals surface area contributed by atoms with Crippen molar-refractivity contribution in [1.29, 1.82) is 0 Å². The van der Waals surface area contributed by atoms with Crippen LogP contribution in [0.5, 0.6) is 0 Å². The van der Waals surface area contributed by atoms with E-state index < -0.39 is 5.54 Å². The largest absolute Gasteiger partial charge is 0.394 e. The molecule has 0 aliphatic rings. The van der Waals surface area contributed by atoms with Gasteiger partial charge in [0.2, 0.25) is 0 Å². The molecular weight excluding hydrogens is 342 g/mol. The molecule has 0 saturated carbocycles. The Hall–Kier alpha value is -1.49. The lowest BCUT2D eigenvalue weighted by Crippen LogP contribution is -2.40. The number of carbonyl (C=O) groups is 1. The molecule has 0 aliphatic heterocycles. The molecule has 0 aliphatic carbocycles. The summed E-state index contributed by atoms with van der Waals surface area (Å²) in [7, 11) is 0. The molecule has 2 rings (SSSR count). The van der Waals surface area contributed by atoms with E-state index in [0.717, 1.165) is 35.4 Å². The molecule has 1 aromatic heterocycles. The van der Waals surface area contributed by atoms with Crippen molar-refractivity contribution in [2.45, 2.75) is 64.8 Å². The van der Waals surface area contributed by atoms with Crippen molar-refractivity contribution in [3.05, 3.63) is 56.8 Å². The quantitative estimate of drug-likeness (QED) is 0.472. The molecular formula is C22H31NO2S. The lowest BCUT2D eigenvalue weighted by molar-refractivity contribution is 0.0983. The Bertz CT molecular complexity index is 733. The third-order valence-corrected chi connectivity index (χ3v) is 6.12. The maximum absolute atomic E-state index is 12.4. The van der Waals surface area contributed by atoms with Crippen LogP contribution in [0.1, 0.15) is 63.8 Å². The van der Waals surface area contributed by atoms with Crippen LogP contribution in [0.3, 0.4) is 0 Å². The zero-order chi connectivity index (χ0) is 19.2. The number of hydrogen-bond donors (Lipinski definition) is 2. The van der Waals surface area contributed by atoms with Crippen LogP contribution >= 0.6 is 11.3 Å². The number of nitrogens with two attached hydrogens (primary N) is 1. The van der Waals surface area contributed by atoms with Gasteiger partial charge in [0, 0.05) is 16.8 Å². The van der Waals surface area contributed by atoms with Gasteiger partial charge in [-0.05, 0) is 81.7 Å². The van der Waals surface area contributed by atoms with Gasteiger partial charge < -0.3 is 10.8 Å². The first-order valence-corrected chi connectivity index (χ1v) is 10.2. The van der Waals surface area contributed by atoms with Crippen molar-refractivity contribution >= 4 is 17.1 Å². The predicted molar refractivity (Wildman–Crippen MR) is 110 cm³/mol. The summed E-state index contributed by atoms with van der Waals surface area (Å²) in [5.74, 6) is 0.235. The third-order valence-electron chi connectivity index (χ3n) is 4.93. The summed E-state index contributed by atoms with van der Waals surface area (Å²) >= 11 is 1.56. The molecule has 2 aromatic rings. The first-order valence-electron chi connectivity index (χ1n) is 9.38. The van der Waals surface area contributed by atoms with E-state index in [1.807, 2.05) is 19.1 Å². The molecule has 1 atom stereocenters. The number of thiophene rings is 1. The molecule has 0 amide bonds. The second kappa shape index (κ2) is 9.45. The molecule has 0 saturated heterocycles. The summed E-state index contributed by atoms with van der Waals surface area (Å²) in [4.78, 5) is 14.4. The van der Waals surface area contributed by atoms with E-state index in [2.05, 4.69) is 32.0 Å². The van der Waals surface area contributed by atoms with E-state index in [1.54, 1.807) is 11.3 Å². The molecule has 3 N–H and O–H groups in total. The summed E-state index contributed by atoms with van der Waals surface area (Å²) in [6, 6.07) is 10.6. The van der Waals surface area contributed by atoms with Gasteiger partial charge in [-0.15, -0.1) is 11.3 Å². The number of aryl methyl sites for hydroxylation is 4. The van der Waals surface area contributed by atoms with Crippen molar-refractivity contribution in [1.82, 2.24) is 0 Å². The van der Waals surface area contributed by atoms with Crippen LogP contribution in [0.25, 0.3) is 0 Å². The highest BCUT2D eigenvalue weighted by Crippen LogP contribution is 2.22. The smallest absolute Gasteiger partial charge is 0.172 e. The number of carbonyl (C=O) groups excluding carboxylic acids is 1. The topological polar surface area (TPSA) is 63.3 Å². The Kier molecular flexibility index (Phi) is 7.56. The van der Waals surface area contributed by atoms with Gasteiger partial charge in [-0.2, -0.15) is 0 Å². The van der Waals surface area contributed by atoms with Gasteiger partial charge in [-0.3, -0.25) is 4.79 Å². The van der Waals surface area contributed by atoms with Gasteiger partial charge >= 0.3 is 0 Å². The number of aliphatic hydroxyl groups excluding tert-OH is 1. The fourth-order valence-electron chi connectivity index (χ4n) is 2.85. The lowest BCUT2D eigenvalue weighted by atomic mass is 9.98. The van der Waals surface area contributed by atoms with Crippen LogP contribution in [-0.4, -0.2) is 23.0 Å². The van der Waals surface area contributed by atoms with Crippen molar-refractivity contribution in [3.63, 3.8) is 0 Å². The van der Waals surface area contributed by atoms with Crippen LogP contribution in [0.4, 0.5) is 0 Å². The monoisotopic (exact) mass is 373 g/mol.